The number of fused-ring (bicyclic) bond motifs is 3. The van der Waals surface area contributed by atoms with E-state index in [0.717, 1.165) is 33.3 Å². The lowest BCUT2D eigenvalue weighted by Crippen LogP contribution is -2.34. The molecular formula is C22H25FN6O. The number of carbonyl (C=O) groups is 1. The second kappa shape index (κ2) is 7.12. The Labute approximate surface area is 173 Å². The minimum atomic E-state index is -0.531. The Morgan fingerprint density at radius 1 is 1.27 bits per heavy atom. The van der Waals surface area contributed by atoms with Crippen LogP contribution in [0.5, 0.6) is 0 Å². The van der Waals surface area contributed by atoms with Crippen LogP contribution in [-0.4, -0.2) is 32.5 Å². The average molecular weight is 408 g/mol. The maximum Gasteiger partial charge on any atom is 0.225 e. The van der Waals surface area contributed by atoms with Gasteiger partial charge in [0.2, 0.25) is 5.91 Å². The van der Waals surface area contributed by atoms with E-state index in [1.165, 1.54) is 6.07 Å². The number of rotatable bonds is 4. The van der Waals surface area contributed by atoms with Gasteiger partial charge in [-0.15, -0.1) is 0 Å². The zero-order valence-electron chi connectivity index (χ0n) is 17.7. The molecule has 0 aliphatic rings. The maximum absolute atomic E-state index is 14.4. The van der Waals surface area contributed by atoms with Gasteiger partial charge in [0.15, 0.2) is 5.82 Å². The normalized spacial score (nSPS) is 11.9. The van der Waals surface area contributed by atoms with E-state index in [1.54, 1.807) is 18.5 Å². The predicted octanol–water partition coefficient (Wildman–Crippen LogP) is 3.96. The molecule has 7 nitrogen and oxygen atoms in total. The van der Waals surface area contributed by atoms with Crippen molar-refractivity contribution < 1.29 is 9.18 Å². The molecule has 4 aromatic rings. The molecule has 8 heteroatoms. The summed E-state index contributed by atoms with van der Waals surface area (Å²) in [6.45, 7) is 5.60. The van der Waals surface area contributed by atoms with Gasteiger partial charge in [-0.1, -0.05) is 20.8 Å². The first-order chi connectivity index (χ1) is 14.2. The Hall–Kier alpha value is -3.42. The summed E-state index contributed by atoms with van der Waals surface area (Å²) in [5.41, 5.74) is 4.01. The molecule has 3 N–H and O–H groups in total. The van der Waals surface area contributed by atoms with Crippen molar-refractivity contribution in [3.8, 4) is 11.3 Å². The number of imidazole rings is 1. The first kappa shape index (κ1) is 19.9. The maximum atomic E-state index is 14.4. The monoisotopic (exact) mass is 408 g/mol. The molecule has 0 saturated carbocycles. The van der Waals surface area contributed by atoms with Gasteiger partial charge in [-0.3, -0.25) is 4.79 Å². The lowest BCUT2D eigenvalue weighted by molar-refractivity contribution is -0.128. The SMILES string of the molecule is CNc1nc2[nH]c(-c3ccc(F)c(CNC(=O)C(C)(C)C)c3)cc2c2c1ncn2C. The minimum Gasteiger partial charge on any atom is -0.371 e. The minimum absolute atomic E-state index is 0.125. The first-order valence-electron chi connectivity index (χ1n) is 9.77. The lowest BCUT2D eigenvalue weighted by atomic mass is 9.95. The van der Waals surface area contributed by atoms with Crippen molar-refractivity contribution in [2.24, 2.45) is 12.5 Å². The third kappa shape index (κ3) is 3.38. The number of aromatic amines is 1. The molecule has 1 aromatic carbocycles. The average Bonchev–Trinajstić information content (AvgIpc) is 3.29. The summed E-state index contributed by atoms with van der Waals surface area (Å²) in [5.74, 6) is 0.213. The molecule has 3 aromatic heterocycles. The summed E-state index contributed by atoms with van der Waals surface area (Å²) < 4.78 is 16.3. The van der Waals surface area contributed by atoms with Crippen LogP contribution >= 0.6 is 0 Å². The van der Waals surface area contributed by atoms with Crippen LogP contribution in [0.3, 0.4) is 0 Å². The largest absolute Gasteiger partial charge is 0.371 e. The van der Waals surface area contributed by atoms with Crippen LogP contribution in [0.2, 0.25) is 0 Å². The number of carbonyl (C=O) groups excluding carboxylic acids is 1. The number of hydrogen-bond donors (Lipinski definition) is 3. The number of aromatic nitrogens is 4. The van der Waals surface area contributed by atoms with Crippen LogP contribution in [0.15, 0.2) is 30.6 Å². The number of aryl methyl sites for hydroxylation is 1. The zero-order valence-corrected chi connectivity index (χ0v) is 17.7. The molecule has 1 amide bonds. The van der Waals surface area contributed by atoms with Crippen molar-refractivity contribution in [3.63, 3.8) is 0 Å². The van der Waals surface area contributed by atoms with Gasteiger partial charge in [0, 0.05) is 42.7 Å². The third-order valence-corrected chi connectivity index (χ3v) is 5.15. The van der Waals surface area contributed by atoms with E-state index >= 15 is 0 Å². The van der Waals surface area contributed by atoms with E-state index in [-0.39, 0.29) is 18.3 Å². The fraction of sp³-hybridized carbons (Fsp3) is 0.318. The molecule has 0 spiro atoms. The van der Waals surface area contributed by atoms with E-state index in [0.29, 0.717) is 11.4 Å². The standard InChI is InChI=1S/C22H25FN6O/c1-22(2,3)21(30)25-10-13-8-12(6-7-15(13)23)16-9-14-18-17(26-11-29(18)5)20(24-4)28-19(14)27-16/h6-9,11H,10H2,1-5H3,(H,25,30)(H2,24,27,28). The fourth-order valence-corrected chi connectivity index (χ4v) is 3.45. The lowest BCUT2D eigenvalue weighted by Gasteiger charge is -2.18. The topological polar surface area (TPSA) is 87.6 Å². The van der Waals surface area contributed by atoms with Crippen LogP contribution in [-0.2, 0) is 18.4 Å². The van der Waals surface area contributed by atoms with Gasteiger partial charge in [-0.2, -0.15) is 0 Å². The van der Waals surface area contributed by atoms with Crippen LogP contribution in [0.1, 0.15) is 26.3 Å². The Bertz CT molecular complexity index is 1260. The molecule has 0 aliphatic carbocycles. The highest BCUT2D eigenvalue weighted by Gasteiger charge is 2.21. The summed E-state index contributed by atoms with van der Waals surface area (Å²) in [6, 6.07) is 6.89. The van der Waals surface area contributed by atoms with Gasteiger partial charge in [-0.25, -0.2) is 14.4 Å². The van der Waals surface area contributed by atoms with Gasteiger partial charge in [0.1, 0.15) is 17.0 Å². The number of benzene rings is 1. The summed E-state index contributed by atoms with van der Waals surface area (Å²) in [5, 5.41) is 6.83. The molecule has 0 unspecified atom stereocenters. The Morgan fingerprint density at radius 2 is 2.03 bits per heavy atom. The molecule has 156 valence electrons. The number of nitrogens with zero attached hydrogens (tertiary/aromatic N) is 3. The second-order valence-electron chi connectivity index (χ2n) is 8.45. The highest BCUT2D eigenvalue weighted by molar-refractivity contribution is 6.07. The molecule has 30 heavy (non-hydrogen) atoms. The molecule has 3 heterocycles. The Morgan fingerprint density at radius 3 is 2.73 bits per heavy atom. The van der Waals surface area contributed by atoms with E-state index in [2.05, 4.69) is 25.6 Å². The summed E-state index contributed by atoms with van der Waals surface area (Å²) in [6.07, 6.45) is 1.76. The molecule has 0 aliphatic heterocycles. The number of hydrogen-bond acceptors (Lipinski definition) is 4. The number of anilines is 1. The van der Waals surface area contributed by atoms with Gasteiger partial charge in [0.25, 0.3) is 0 Å². The molecular weight excluding hydrogens is 383 g/mol. The van der Waals surface area contributed by atoms with Crippen molar-refractivity contribution in [1.29, 1.82) is 0 Å². The van der Waals surface area contributed by atoms with Gasteiger partial charge >= 0.3 is 0 Å². The van der Waals surface area contributed by atoms with Crippen LogP contribution < -0.4 is 10.6 Å². The molecule has 4 rings (SSSR count). The van der Waals surface area contributed by atoms with Gasteiger partial charge in [0.05, 0.1) is 11.8 Å². The van der Waals surface area contributed by atoms with Crippen molar-refractivity contribution >= 4 is 33.8 Å². The number of amides is 1. The van der Waals surface area contributed by atoms with Crippen molar-refractivity contribution in [3.05, 3.63) is 42.0 Å². The summed E-state index contributed by atoms with van der Waals surface area (Å²) >= 11 is 0. The fourth-order valence-electron chi connectivity index (χ4n) is 3.45. The van der Waals surface area contributed by atoms with Crippen molar-refractivity contribution in [1.82, 2.24) is 24.8 Å². The van der Waals surface area contributed by atoms with E-state index in [4.69, 9.17) is 0 Å². The smallest absolute Gasteiger partial charge is 0.225 e. The van der Waals surface area contributed by atoms with E-state index in [1.807, 2.05) is 45.5 Å². The summed E-state index contributed by atoms with van der Waals surface area (Å²) in [4.78, 5) is 24.6. The molecule has 0 radical (unpaired) electrons. The van der Waals surface area contributed by atoms with Gasteiger partial charge in [-0.05, 0) is 29.8 Å². The Kier molecular flexibility index (Phi) is 4.72. The number of H-pyrrole nitrogens is 1. The highest BCUT2D eigenvalue weighted by Crippen LogP contribution is 2.32. The van der Waals surface area contributed by atoms with Gasteiger partial charge < -0.3 is 20.2 Å². The van der Waals surface area contributed by atoms with Crippen molar-refractivity contribution in [2.45, 2.75) is 27.3 Å². The summed E-state index contributed by atoms with van der Waals surface area (Å²) in [7, 11) is 3.75. The third-order valence-electron chi connectivity index (χ3n) is 5.15. The van der Waals surface area contributed by atoms with E-state index in [9.17, 15) is 9.18 Å². The number of pyridine rings is 1. The van der Waals surface area contributed by atoms with Crippen LogP contribution in [0, 0.1) is 11.2 Å². The molecule has 0 fully saturated rings. The van der Waals surface area contributed by atoms with Crippen LogP contribution in [0.4, 0.5) is 10.2 Å². The molecule has 0 saturated heterocycles. The Balaban J connectivity index is 1.75. The zero-order chi connectivity index (χ0) is 21.6. The van der Waals surface area contributed by atoms with Crippen LogP contribution in [0.25, 0.3) is 33.3 Å². The predicted molar refractivity (Wildman–Crippen MR) is 117 cm³/mol. The molecule has 0 atom stereocenters. The second-order valence-corrected chi connectivity index (χ2v) is 8.45. The van der Waals surface area contributed by atoms with Crippen molar-refractivity contribution in [2.75, 3.05) is 12.4 Å². The highest BCUT2D eigenvalue weighted by atomic mass is 19.1. The quantitative estimate of drug-likeness (QED) is 0.477. The number of nitrogens with one attached hydrogen (secondary N) is 3. The van der Waals surface area contributed by atoms with E-state index < -0.39 is 5.41 Å². The number of halogens is 1. The first-order valence-corrected chi connectivity index (χ1v) is 9.77. The molecule has 0 bridgehead atoms.